The number of methoxy groups -OCH3 is 1. The number of carbonyl (C=O) groups excluding carboxylic acids is 1. The Morgan fingerprint density at radius 2 is 1.77 bits per heavy atom. The molecule has 0 aliphatic heterocycles. The van der Waals surface area contributed by atoms with E-state index in [9.17, 15) is 4.79 Å². The van der Waals surface area contributed by atoms with Crippen molar-refractivity contribution in [2.45, 2.75) is 19.4 Å². The van der Waals surface area contributed by atoms with E-state index in [1.54, 1.807) is 19.4 Å². The Kier molecular flexibility index (Phi) is 8.67. The highest BCUT2D eigenvalue weighted by molar-refractivity contribution is 9.10. The third kappa shape index (κ3) is 7.22. The summed E-state index contributed by atoms with van der Waals surface area (Å²) in [6.07, 6.45) is 2.62. The Morgan fingerprint density at radius 3 is 2.48 bits per heavy atom. The predicted octanol–water partition coefficient (Wildman–Crippen LogP) is 5.88. The van der Waals surface area contributed by atoms with Crippen LogP contribution in [0.5, 0.6) is 11.5 Å². The highest BCUT2D eigenvalue weighted by Crippen LogP contribution is 2.36. The highest BCUT2D eigenvalue weighted by Gasteiger charge is 2.12. The minimum absolute atomic E-state index is 0.138. The lowest BCUT2D eigenvalue weighted by Crippen LogP contribution is -2.17. The van der Waals surface area contributed by atoms with Gasteiger partial charge >= 0.3 is 0 Å². The van der Waals surface area contributed by atoms with Gasteiger partial charge in [-0.05, 0) is 63.3 Å². The van der Waals surface area contributed by atoms with Gasteiger partial charge in [-0.3, -0.25) is 4.79 Å². The second-order valence-corrected chi connectivity index (χ2v) is 8.50. The molecule has 0 aliphatic rings. The summed E-state index contributed by atoms with van der Waals surface area (Å²) < 4.78 is 13.2. The lowest BCUT2D eigenvalue weighted by Gasteiger charge is -2.13. The standard InChI is InChI=1S/C24H22Br2N2O3/c1-30-22-14-19(15-27-28-23(29)12-9-17-5-3-2-4-6-17)13-21(26)24(22)31-16-18-7-10-20(25)11-8-18/h2-8,10-11,13-15H,9,12,16H2,1H3,(H,28,29)/b27-15-. The predicted molar refractivity (Wildman–Crippen MR) is 130 cm³/mol. The van der Waals surface area contributed by atoms with Crippen molar-refractivity contribution in [3.63, 3.8) is 0 Å². The van der Waals surface area contributed by atoms with Crippen LogP contribution in [0.2, 0.25) is 0 Å². The minimum Gasteiger partial charge on any atom is -0.493 e. The van der Waals surface area contributed by atoms with Crippen molar-refractivity contribution in [2.24, 2.45) is 5.10 Å². The number of carbonyl (C=O) groups is 1. The fourth-order valence-corrected chi connectivity index (χ4v) is 3.67. The molecule has 31 heavy (non-hydrogen) atoms. The number of hydrogen-bond acceptors (Lipinski definition) is 4. The molecule has 0 heterocycles. The summed E-state index contributed by atoms with van der Waals surface area (Å²) in [6.45, 7) is 0.410. The van der Waals surface area contributed by atoms with Crippen molar-refractivity contribution in [3.05, 3.63) is 92.4 Å². The zero-order valence-electron chi connectivity index (χ0n) is 17.0. The Morgan fingerprint density at radius 1 is 1.03 bits per heavy atom. The van der Waals surface area contributed by atoms with E-state index < -0.39 is 0 Å². The third-order valence-electron chi connectivity index (χ3n) is 4.43. The van der Waals surface area contributed by atoms with Gasteiger partial charge in [-0.25, -0.2) is 5.43 Å². The average Bonchev–Trinajstić information content (AvgIpc) is 2.78. The summed E-state index contributed by atoms with van der Waals surface area (Å²) >= 11 is 6.96. The van der Waals surface area contributed by atoms with Crippen LogP contribution in [0.3, 0.4) is 0 Å². The SMILES string of the molecule is COc1cc(/C=N\NC(=O)CCc2ccccc2)cc(Br)c1OCc1ccc(Br)cc1. The van der Waals surface area contributed by atoms with Gasteiger partial charge in [-0.1, -0.05) is 58.4 Å². The van der Waals surface area contributed by atoms with Gasteiger partial charge < -0.3 is 9.47 Å². The zero-order chi connectivity index (χ0) is 22.1. The van der Waals surface area contributed by atoms with Gasteiger partial charge in [0.05, 0.1) is 17.8 Å². The van der Waals surface area contributed by atoms with Crippen molar-refractivity contribution in [1.29, 1.82) is 0 Å². The van der Waals surface area contributed by atoms with Crippen LogP contribution in [0.15, 0.2) is 80.8 Å². The van der Waals surface area contributed by atoms with Crippen LogP contribution in [-0.2, 0) is 17.8 Å². The maximum Gasteiger partial charge on any atom is 0.240 e. The first-order valence-electron chi connectivity index (χ1n) is 9.66. The van der Waals surface area contributed by atoms with Crippen LogP contribution in [-0.4, -0.2) is 19.2 Å². The van der Waals surface area contributed by atoms with Crippen LogP contribution < -0.4 is 14.9 Å². The lowest BCUT2D eigenvalue weighted by molar-refractivity contribution is -0.121. The fraction of sp³-hybridized carbons (Fsp3) is 0.167. The number of benzene rings is 3. The van der Waals surface area contributed by atoms with Gasteiger partial charge in [-0.2, -0.15) is 5.10 Å². The number of amides is 1. The first-order chi connectivity index (χ1) is 15.0. The Balaban J connectivity index is 1.58. The number of nitrogens with zero attached hydrogens (tertiary/aromatic N) is 1. The zero-order valence-corrected chi connectivity index (χ0v) is 20.1. The molecule has 5 nitrogen and oxygen atoms in total. The molecular formula is C24H22Br2N2O3. The van der Waals surface area contributed by atoms with Crippen molar-refractivity contribution in [1.82, 2.24) is 5.43 Å². The molecule has 0 bridgehead atoms. The first-order valence-corrected chi connectivity index (χ1v) is 11.2. The summed E-state index contributed by atoms with van der Waals surface area (Å²) in [4.78, 5) is 12.0. The molecule has 0 radical (unpaired) electrons. The molecular weight excluding hydrogens is 524 g/mol. The van der Waals surface area contributed by atoms with Gasteiger partial charge in [0.15, 0.2) is 11.5 Å². The van der Waals surface area contributed by atoms with Crippen LogP contribution in [0.1, 0.15) is 23.1 Å². The maximum absolute atomic E-state index is 12.0. The Hall–Kier alpha value is -2.64. The van der Waals surface area contributed by atoms with Crippen molar-refractivity contribution >= 4 is 44.0 Å². The monoisotopic (exact) mass is 544 g/mol. The second-order valence-electron chi connectivity index (χ2n) is 6.73. The van der Waals surface area contributed by atoms with Gasteiger partial charge in [-0.15, -0.1) is 0 Å². The number of ether oxygens (including phenoxy) is 2. The van der Waals surface area contributed by atoms with Crippen LogP contribution in [0.25, 0.3) is 0 Å². The fourth-order valence-electron chi connectivity index (χ4n) is 2.83. The summed E-state index contributed by atoms with van der Waals surface area (Å²) in [5, 5.41) is 4.06. The average molecular weight is 546 g/mol. The van der Waals surface area contributed by atoms with Gasteiger partial charge in [0.25, 0.3) is 0 Å². The Labute approximate surface area is 198 Å². The number of halogens is 2. The van der Waals surface area contributed by atoms with E-state index >= 15 is 0 Å². The molecule has 0 aromatic heterocycles. The van der Waals surface area contributed by atoms with Crippen LogP contribution in [0, 0.1) is 0 Å². The Bertz CT molecular complexity index is 1040. The second kappa shape index (κ2) is 11.7. The normalized spacial score (nSPS) is 10.8. The molecule has 0 saturated carbocycles. The molecule has 3 aromatic rings. The van der Waals surface area contributed by atoms with E-state index in [1.807, 2.05) is 60.7 Å². The highest BCUT2D eigenvalue weighted by atomic mass is 79.9. The van der Waals surface area contributed by atoms with Crippen LogP contribution in [0.4, 0.5) is 0 Å². The number of aryl methyl sites for hydroxylation is 1. The number of hydrazone groups is 1. The number of nitrogens with one attached hydrogen (secondary N) is 1. The number of rotatable bonds is 9. The molecule has 3 rings (SSSR count). The van der Waals surface area contributed by atoms with Crippen molar-refractivity contribution < 1.29 is 14.3 Å². The van der Waals surface area contributed by atoms with Crippen LogP contribution >= 0.6 is 31.9 Å². The summed E-state index contributed by atoms with van der Waals surface area (Å²) in [5.74, 6) is 1.04. The molecule has 0 fully saturated rings. The summed E-state index contributed by atoms with van der Waals surface area (Å²) in [7, 11) is 1.58. The molecule has 160 valence electrons. The van der Waals surface area contributed by atoms with E-state index in [0.29, 0.717) is 30.9 Å². The van der Waals surface area contributed by atoms with E-state index in [0.717, 1.165) is 25.6 Å². The lowest BCUT2D eigenvalue weighted by atomic mass is 10.1. The van der Waals surface area contributed by atoms with E-state index in [1.165, 1.54) is 0 Å². The largest absolute Gasteiger partial charge is 0.493 e. The van der Waals surface area contributed by atoms with Gasteiger partial charge in [0.1, 0.15) is 6.61 Å². The molecule has 0 aliphatic carbocycles. The van der Waals surface area contributed by atoms with E-state index in [2.05, 4.69) is 42.4 Å². The molecule has 0 unspecified atom stereocenters. The molecule has 0 atom stereocenters. The van der Waals surface area contributed by atoms with E-state index in [4.69, 9.17) is 9.47 Å². The molecule has 0 saturated heterocycles. The smallest absolute Gasteiger partial charge is 0.240 e. The topological polar surface area (TPSA) is 59.9 Å². The number of hydrogen-bond donors (Lipinski definition) is 1. The van der Waals surface area contributed by atoms with Crippen molar-refractivity contribution in [3.8, 4) is 11.5 Å². The molecule has 1 amide bonds. The van der Waals surface area contributed by atoms with Gasteiger partial charge in [0, 0.05) is 10.9 Å². The summed E-state index contributed by atoms with van der Waals surface area (Å²) in [6, 6.07) is 21.5. The third-order valence-corrected chi connectivity index (χ3v) is 5.55. The van der Waals surface area contributed by atoms with Gasteiger partial charge in [0.2, 0.25) is 5.91 Å². The summed E-state index contributed by atoms with van der Waals surface area (Å²) in [5.41, 5.74) is 5.49. The molecule has 1 N–H and O–H groups in total. The quantitative estimate of drug-likeness (QED) is 0.270. The molecule has 0 spiro atoms. The first kappa shape index (κ1) is 23.0. The van der Waals surface area contributed by atoms with Crippen molar-refractivity contribution in [2.75, 3.05) is 7.11 Å². The molecule has 7 heteroatoms. The molecule has 3 aromatic carbocycles. The minimum atomic E-state index is -0.138. The maximum atomic E-state index is 12.0. The van der Waals surface area contributed by atoms with E-state index in [-0.39, 0.29) is 5.91 Å².